The van der Waals surface area contributed by atoms with Crippen LogP contribution in [0.4, 0.5) is 0 Å². The Morgan fingerprint density at radius 1 is 1.33 bits per heavy atom. The summed E-state index contributed by atoms with van der Waals surface area (Å²) < 4.78 is 23.8. The van der Waals surface area contributed by atoms with Crippen molar-refractivity contribution in [2.75, 3.05) is 12.3 Å². The molecule has 1 N–H and O–H groups in total. The molecular formula is C15H21NO4S. The summed E-state index contributed by atoms with van der Waals surface area (Å²) in [6.45, 7) is 4.04. The van der Waals surface area contributed by atoms with Crippen LogP contribution in [-0.4, -0.2) is 48.0 Å². The number of hydrogen-bond donors (Lipinski definition) is 1. The SMILES string of the molecule is CC(C)S(=O)(=O)CCN1Cc2ccccc2CC1C(=O)O. The number of nitrogens with zero attached hydrogens (tertiary/aromatic N) is 1. The molecule has 1 aliphatic rings. The van der Waals surface area contributed by atoms with Gasteiger partial charge in [0.2, 0.25) is 0 Å². The quantitative estimate of drug-likeness (QED) is 0.888. The highest BCUT2D eigenvalue weighted by molar-refractivity contribution is 7.92. The van der Waals surface area contributed by atoms with E-state index in [0.717, 1.165) is 11.1 Å². The standard InChI is InChI=1S/C15H21NO4S/c1-11(2)21(19,20)8-7-16-10-13-6-4-3-5-12(13)9-14(16)15(17)18/h3-6,11,14H,7-10H2,1-2H3,(H,17,18). The normalized spacial score (nSPS) is 19.5. The van der Waals surface area contributed by atoms with Crippen molar-refractivity contribution in [3.05, 3.63) is 35.4 Å². The van der Waals surface area contributed by atoms with Gasteiger partial charge in [-0.2, -0.15) is 0 Å². The van der Waals surface area contributed by atoms with Crippen LogP contribution in [0.2, 0.25) is 0 Å². The number of sulfone groups is 1. The van der Waals surface area contributed by atoms with Crippen LogP contribution in [0.15, 0.2) is 24.3 Å². The molecule has 1 unspecified atom stereocenters. The molecule has 1 aliphatic heterocycles. The minimum atomic E-state index is -3.16. The van der Waals surface area contributed by atoms with Crippen LogP contribution >= 0.6 is 0 Å². The predicted molar refractivity (Wildman–Crippen MR) is 80.9 cm³/mol. The Balaban J connectivity index is 2.16. The lowest BCUT2D eigenvalue weighted by Gasteiger charge is -2.34. The second-order valence-corrected chi connectivity index (χ2v) is 8.39. The molecule has 2 rings (SSSR count). The van der Waals surface area contributed by atoms with Crippen molar-refractivity contribution in [1.29, 1.82) is 0 Å². The first-order valence-electron chi connectivity index (χ1n) is 7.06. The average molecular weight is 311 g/mol. The Labute approximate surface area is 125 Å². The third-order valence-electron chi connectivity index (χ3n) is 4.01. The molecule has 1 heterocycles. The summed E-state index contributed by atoms with van der Waals surface area (Å²) in [5, 5.41) is 8.95. The van der Waals surface area contributed by atoms with Gasteiger partial charge < -0.3 is 5.11 Å². The van der Waals surface area contributed by atoms with Gasteiger partial charge in [0, 0.05) is 13.1 Å². The molecule has 0 aliphatic carbocycles. The molecule has 116 valence electrons. The van der Waals surface area contributed by atoms with E-state index in [1.165, 1.54) is 0 Å². The van der Waals surface area contributed by atoms with Crippen LogP contribution in [0, 0.1) is 0 Å². The number of carboxylic acid groups (broad SMARTS) is 1. The third-order valence-corrected chi connectivity index (χ3v) is 6.20. The van der Waals surface area contributed by atoms with Crippen LogP contribution in [0.3, 0.4) is 0 Å². The van der Waals surface area contributed by atoms with Crippen molar-refractivity contribution in [3.63, 3.8) is 0 Å². The first kappa shape index (κ1) is 16.0. The summed E-state index contributed by atoms with van der Waals surface area (Å²) in [7, 11) is -3.16. The van der Waals surface area contributed by atoms with E-state index < -0.39 is 27.1 Å². The third kappa shape index (κ3) is 3.63. The zero-order valence-electron chi connectivity index (χ0n) is 12.3. The Morgan fingerprint density at radius 3 is 2.52 bits per heavy atom. The van der Waals surface area contributed by atoms with Gasteiger partial charge in [0.15, 0.2) is 9.84 Å². The number of hydrogen-bond acceptors (Lipinski definition) is 4. The second-order valence-electron chi connectivity index (χ2n) is 5.71. The Kier molecular flexibility index (Phi) is 4.68. The van der Waals surface area contributed by atoms with E-state index in [-0.39, 0.29) is 12.3 Å². The van der Waals surface area contributed by atoms with Crippen LogP contribution in [-0.2, 0) is 27.6 Å². The number of fused-ring (bicyclic) bond motifs is 1. The van der Waals surface area contributed by atoms with Gasteiger partial charge in [-0.05, 0) is 31.4 Å². The highest BCUT2D eigenvalue weighted by atomic mass is 32.2. The highest BCUT2D eigenvalue weighted by Gasteiger charge is 2.32. The van der Waals surface area contributed by atoms with Gasteiger partial charge in [-0.3, -0.25) is 9.69 Å². The molecule has 0 saturated heterocycles. The molecule has 1 atom stereocenters. The minimum Gasteiger partial charge on any atom is -0.480 e. The van der Waals surface area contributed by atoms with Crippen LogP contribution < -0.4 is 0 Å². The fraction of sp³-hybridized carbons (Fsp3) is 0.533. The maximum atomic E-state index is 11.9. The molecule has 0 aromatic heterocycles. The topological polar surface area (TPSA) is 74.7 Å². The smallest absolute Gasteiger partial charge is 0.321 e. The molecule has 0 bridgehead atoms. The monoisotopic (exact) mass is 311 g/mol. The van der Waals surface area contributed by atoms with Gasteiger partial charge in [-0.25, -0.2) is 8.42 Å². The molecule has 21 heavy (non-hydrogen) atoms. The number of carbonyl (C=O) groups is 1. The largest absolute Gasteiger partial charge is 0.480 e. The molecule has 0 amide bonds. The summed E-state index contributed by atoms with van der Waals surface area (Å²) in [6.07, 6.45) is 0.424. The number of benzene rings is 1. The molecule has 0 spiro atoms. The Morgan fingerprint density at radius 2 is 1.95 bits per heavy atom. The molecule has 0 fully saturated rings. The average Bonchev–Trinajstić information content (AvgIpc) is 2.43. The van der Waals surface area contributed by atoms with Crippen LogP contribution in [0.1, 0.15) is 25.0 Å². The highest BCUT2D eigenvalue weighted by Crippen LogP contribution is 2.23. The van der Waals surface area contributed by atoms with Crippen molar-refractivity contribution < 1.29 is 18.3 Å². The van der Waals surface area contributed by atoms with Crippen LogP contribution in [0.25, 0.3) is 0 Å². The van der Waals surface area contributed by atoms with Gasteiger partial charge >= 0.3 is 5.97 Å². The number of aliphatic carboxylic acids is 1. The molecule has 5 nitrogen and oxygen atoms in total. The Bertz CT molecular complexity index is 624. The van der Waals surface area contributed by atoms with Gasteiger partial charge in [-0.15, -0.1) is 0 Å². The van der Waals surface area contributed by atoms with E-state index >= 15 is 0 Å². The first-order chi connectivity index (χ1) is 9.81. The van der Waals surface area contributed by atoms with Gasteiger partial charge in [0.25, 0.3) is 0 Å². The summed E-state index contributed by atoms with van der Waals surface area (Å²) in [4.78, 5) is 13.2. The fourth-order valence-electron chi connectivity index (χ4n) is 2.54. The Hall–Kier alpha value is -1.40. The second kappa shape index (κ2) is 6.15. The lowest BCUT2D eigenvalue weighted by Crippen LogP contribution is -2.47. The van der Waals surface area contributed by atoms with Gasteiger partial charge in [-0.1, -0.05) is 24.3 Å². The van der Waals surface area contributed by atoms with Crippen LogP contribution in [0.5, 0.6) is 0 Å². The molecule has 1 aromatic rings. The van der Waals surface area contributed by atoms with Crippen molar-refractivity contribution in [3.8, 4) is 0 Å². The number of carboxylic acids is 1. The van der Waals surface area contributed by atoms with E-state index in [4.69, 9.17) is 0 Å². The zero-order valence-corrected chi connectivity index (χ0v) is 13.1. The maximum absolute atomic E-state index is 11.9. The fourth-order valence-corrected chi connectivity index (χ4v) is 3.50. The van der Waals surface area contributed by atoms with E-state index in [2.05, 4.69) is 0 Å². The molecule has 6 heteroatoms. The van der Waals surface area contributed by atoms with Crippen molar-refractivity contribution in [1.82, 2.24) is 4.90 Å². The van der Waals surface area contributed by atoms with Crippen molar-refractivity contribution >= 4 is 15.8 Å². The molecule has 1 aromatic carbocycles. The maximum Gasteiger partial charge on any atom is 0.321 e. The molecular weight excluding hydrogens is 290 g/mol. The van der Waals surface area contributed by atoms with E-state index in [1.807, 2.05) is 24.3 Å². The van der Waals surface area contributed by atoms with E-state index in [9.17, 15) is 18.3 Å². The first-order valence-corrected chi connectivity index (χ1v) is 8.78. The van der Waals surface area contributed by atoms with Gasteiger partial charge in [0.1, 0.15) is 6.04 Å². The molecule has 0 saturated carbocycles. The lowest BCUT2D eigenvalue weighted by atomic mass is 9.94. The predicted octanol–water partition coefficient (Wildman–Crippen LogP) is 1.32. The number of rotatable bonds is 5. The summed E-state index contributed by atoms with van der Waals surface area (Å²) in [5.41, 5.74) is 2.12. The molecule has 0 radical (unpaired) electrons. The summed E-state index contributed by atoms with van der Waals surface area (Å²) in [6, 6.07) is 7.08. The van der Waals surface area contributed by atoms with E-state index in [0.29, 0.717) is 13.0 Å². The minimum absolute atomic E-state index is 0.00336. The summed E-state index contributed by atoms with van der Waals surface area (Å²) in [5.74, 6) is -0.900. The zero-order chi connectivity index (χ0) is 15.6. The lowest BCUT2D eigenvalue weighted by molar-refractivity contribution is -0.143. The van der Waals surface area contributed by atoms with Gasteiger partial charge in [0.05, 0.1) is 11.0 Å². The van der Waals surface area contributed by atoms with E-state index in [1.54, 1.807) is 18.7 Å². The summed E-state index contributed by atoms with van der Waals surface area (Å²) >= 11 is 0. The van der Waals surface area contributed by atoms with Crippen molar-refractivity contribution in [2.24, 2.45) is 0 Å². The van der Waals surface area contributed by atoms with Crippen molar-refractivity contribution in [2.45, 2.75) is 38.1 Å².